The van der Waals surface area contributed by atoms with Crippen LogP contribution >= 0.6 is 0 Å². The first kappa shape index (κ1) is 17.3. The summed E-state index contributed by atoms with van der Waals surface area (Å²) in [5.74, 6) is 0.423. The van der Waals surface area contributed by atoms with Crippen molar-refractivity contribution < 1.29 is 14.3 Å². The molecule has 0 saturated carbocycles. The van der Waals surface area contributed by atoms with Crippen molar-refractivity contribution in [1.82, 2.24) is 0 Å². The number of rotatable bonds is 2. The van der Waals surface area contributed by atoms with Crippen molar-refractivity contribution >= 4 is 28.9 Å². The smallest absolute Gasteiger partial charge is 0.274 e. The molecule has 0 atom stereocenters. The van der Waals surface area contributed by atoms with Crippen molar-refractivity contribution in [3.63, 3.8) is 0 Å². The minimum Gasteiger partial charge on any atom is -0.490 e. The second kappa shape index (κ2) is 6.87. The zero-order valence-electron chi connectivity index (χ0n) is 15.4. The van der Waals surface area contributed by atoms with Crippen LogP contribution in [0.4, 0.5) is 11.4 Å². The maximum absolute atomic E-state index is 13.2. The van der Waals surface area contributed by atoms with Gasteiger partial charge in [0.15, 0.2) is 0 Å². The third kappa shape index (κ3) is 3.18. The van der Waals surface area contributed by atoms with Crippen LogP contribution in [0.25, 0.3) is 0 Å². The number of ether oxygens (including phenoxy) is 1. The number of carbonyl (C=O) groups is 2. The Morgan fingerprint density at radius 2 is 1.89 bits per heavy atom. The number of para-hydroxylation sites is 2. The van der Waals surface area contributed by atoms with E-state index in [-0.39, 0.29) is 18.2 Å². The molecule has 0 aliphatic carbocycles. The third-order valence-electron chi connectivity index (χ3n) is 4.85. The van der Waals surface area contributed by atoms with Gasteiger partial charge in [0.05, 0.1) is 17.9 Å². The number of aryl methyl sites for hydroxylation is 2. The summed E-state index contributed by atoms with van der Waals surface area (Å²) in [5, 5.41) is 5.83. The molecule has 0 N–H and O–H groups in total. The van der Waals surface area contributed by atoms with Crippen LogP contribution in [0.1, 0.15) is 24.0 Å². The molecule has 0 unspecified atom stereocenters. The summed E-state index contributed by atoms with van der Waals surface area (Å²) in [6, 6.07) is 13.4. The van der Waals surface area contributed by atoms with Gasteiger partial charge in [-0.2, -0.15) is 5.10 Å². The highest BCUT2D eigenvalue weighted by Crippen LogP contribution is 2.32. The van der Waals surface area contributed by atoms with Crippen molar-refractivity contribution in [2.75, 3.05) is 23.1 Å². The van der Waals surface area contributed by atoms with E-state index in [9.17, 15) is 9.59 Å². The Morgan fingerprint density at radius 3 is 2.74 bits per heavy atom. The zero-order valence-corrected chi connectivity index (χ0v) is 15.4. The van der Waals surface area contributed by atoms with Gasteiger partial charge in [-0.3, -0.25) is 9.59 Å². The molecule has 0 aromatic heterocycles. The Labute approximate surface area is 158 Å². The van der Waals surface area contributed by atoms with Gasteiger partial charge in [0.2, 0.25) is 5.91 Å². The lowest BCUT2D eigenvalue weighted by atomic mass is 10.1. The summed E-state index contributed by atoms with van der Waals surface area (Å²) >= 11 is 0. The lowest BCUT2D eigenvalue weighted by Crippen LogP contribution is -2.45. The lowest BCUT2D eigenvalue weighted by molar-refractivity contribution is -0.118. The number of amides is 2. The SMILES string of the molecule is Cc1ccc(C)c(N2N=C(C(=O)N3CCOc4ccccc43)CCC2=O)c1. The van der Waals surface area contributed by atoms with E-state index in [0.29, 0.717) is 31.0 Å². The summed E-state index contributed by atoms with van der Waals surface area (Å²) in [5.41, 5.74) is 3.86. The highest BCUT2D eigenvalue weighted by molar-refractivity contribution is 6.45. The molecule has 2 aliphatic heterocycles. The van der Waals surface area contributed by atoms with E-state index in [1.165, 1.54) is 5.01 Å². The van der Waals surface area contributed by atoms with E-state index in [0.717, 1.165) is 22.5 Å². The summed E-state index contributed by atoms with van der Waals surface area (Å²) < 4.78 is 5.63. The van der Waals surface area contributed by atoms with E-state index in [1.54, 1.807) is 4.90 Å². The molecule has 4 rings (SSSR count). The standard InChI is InChI=1S/C21H21N3O3/c1-14-7-8-15(2)18(13-14)24-20(25)10-9-16(22-24)21(26)23-11-12-27-19-6-4-3-5-17(19)23/h3-8,13H,9-12H2,1-2H3. The monoisotopic (exact) mass is 363 g/mol. The average molecular weight is 363 g/mol. The predicted octanol–water partition coefficient (Wildman–Crippen LogP) is 3.21. The van der Waals surface area contributed by atoms with Gasteiger partial charge in [0.1, 0.15) is 18.1 Å². The van der Waals surface area contributed by atoms with Gasteiger partial charge in [0, 0.05) is 12.8 Å². The highest BCUT2D eigenvalue weighted by Gasteiger charge is 2.31. The predicted molar refractivity (Wildman–Crippen MR) is 104 cm³/mol. The van der Waals surface area contributed by atoms with Crippen LogP contribution in [0.5, 0.6) is 5.75 Å². The molecule has 2 heterocycles. The Balaban J connectivity index is 1.69. The molecule has 2 aliphatic rings. The molecule has 138 valence electrons. The normalized spacial score (nSPS) is 16.5. The first-order chi connectivity index (χ1) is 13.0. The molecule has 6 nitrogen and oxygen atoms in total. The van der Waals surface area contributed by atoms with Crippen LogP contribution in [0.15, 0.2) is 47.6 Å². The Bertz CT molecular complexity index is 951. The van der Waals surface area contributed by atoms with Crippen LogP contribution in [0.3, 0.4) is 0 Å². The summed E-state index contributed by atoms with van der Waals surface area (Å²) in [6.07, 6.45) is 0.614. The van der Waals surface area contributed by atoms with Gasteiger partial charge in [-0.15, -0.1) is 0 Å². The van der Waals surface area contributed by atoms with Gasteiger partial charge in [-0.25, -0.2) is 5.01 Å². The molecular formula is C21H21N3O3. The second-order valence-corrected chi connectivity index (χ2v) is 6.82. The minimum absolute atomic E-state index is 0.0948. The number of hydrazone groups is 1. The average Bonchev–Trinajstić information content (AvgIpc) is 2.69. The molecule has 2 aromatic rings. The fourth-order valence-electron chi connectivity index (χ4n) is 3.38. The fraction of sp³-hybridized carbons (Fsp3) is 0.286. The molecule has 2 amide bonds. The van der Waals surface area contributed by atoms with E-state index in [2.05, 4.69) is 5.10 Å². The van der Waals surface area contributed by atoms with E-state index >= 15 is 0 Å². The summed E-state index contributed by atoms with van der Waals surface area (Å²) in [4.78, 5) is 27.3. The van der Waals surface area contributed by atoms with Crippen LogP contribution < -0.4 is 14.6 Å². The summed E-state index contributed by atoms with van der Waals surface area (Å²) in [7, 11) is 0. The number of fused-ring (bicyclic) bond motifs is 1. The van der Waals surface area contributed by atoms with Crippen LogP contribution in [-0.2, 0) is 9.59 Å². The molecule has 0 fully saturated rings. The number of hydrogen-bond donors (Lipinski definition) is 0. The zero-order chi connectivity index (χ0) is 19.0. The van der Waals surface area contributed by atoms with Crippen molar-refractivity contribution in [3.8, 4) is 5.75 Å². The van der Waals surface area contributed by atoms with Crippen LogP contribution in [0.2, 0.25) is 0 Å². The maximum atomic E-state index is 13.2. The van der Waals surface area contributed by atoms with Crippen molar-refractivity contribution in [2.45, 2.75) is 26.7 Å². The van der Waals surface area contributed by atoms with Gasteiger partial charge < -0.3 is 9.64 Å². The Hall–Kier alpha value is -3.15. The topological polar surface area (TPSA) is 62.2 Å². The molecular weight excluding hydrogens is 342 g/mol. The highest BCUT2D eigenvalue weighted by atomic mass is 16.5. The quantitative estimate of drug-likeness (QED) is 0.823. The lowest BCUT2D eigenvalue weighted by Gasteiger charge is -2.31. The van der Waals surface area contributed by atoms with Crippen molar-refractivity contribution in [2.24, 2.45) is 5.10 Å². The molecule has 27 heavy (non-hydrogen) atoms. The van der Waals surface area contributed by atoms with Crippen molar-refractivity contribution in [3.05, 3.63) is 53.6 Å². The van der Waals surface area contributed by atoms with Gasteiger partial charge in [-0.05, 0) is 43.2 Å². The van der Waals surface area contributed by atoms with Gasteiger partial charge in [-0.1, -0.05) is 24.3 Å². The first-order valence-corrected chi connectivity index (χ1v) is 9.06. The number of hydrogen-bond acceptors (Lipinski definition) is 4. The number of anilines is 2. The molecule has 0 saturated heterocycles. The molecule has 0 radical (unpaired) electrons. The Kier molecular flexibility index (Phi) is 4.39. The van der Waals surface area contributed by atoms with Crippen LogP contribution in [-0.4, -0.2) is 30.7 Å². The minimum atomic E-state index is -0.173. The van der Waals surface area contributed by atoms with E-state index in [1.807, 2.05) is 56.3 Å². The van der Waals surface area contributed by atoms with Crippen molar-refractivity contribution in [1.29, 1.82) is 0 Å². The van der Waals surface area contributed by atoms with Gasteiger partial charge >= 0.3 is 0 Å². The molecule has 0 bridgehead atoms. The maximum Gasteiger partial charge on any atom is 0.274 e. The number of benzene rings is 2. The largest absolute Gasteiger partial charge is 0.490 e. The van der Waals surface area contributed by atoms with Crippen LogP contribution in [0, 0.1) is 13.8 Å². The molecule has 0 spiro atoms. The third-order valence-corrected chi connectivity index (χ3v) is 4.85. The summed E-state index contributed by atoms with van der Waals surface area (Å²) in [6.45, 7) is 4.81. The fourth-order valence-corrected chi connectivity index (χ4v) is 3.38. The first-order valence-electron chi connectivity index (χ1n) is 9.06. The second-order valence-electron chi connectivity index (χ2n) is 6.82. The van der Waals surface area contributed by atoms with E-state index in [4.69, 9.17) is 4.74 Å². The molecule has 2 aromatic carbocycles. The molecule has 6 heteroatoms. The number of nitrogens with zero attached hydrogens (tertiary/aromatic N) is 3. The number of carbonyl (C=O) groups excluding carboxylic acids is 2. The van der Waals surface area contributed by atoms with E-state index < -0.39 is 0 Å². The Morgan fingerprint density at radius 1 is 1.07 bits per heavy atom. The van der Waals surface area contributed by atoms with Gasteiger partial charge in [0.25, 0.3) is 5.91 Å².